The number of guanidine groups is 1. The third-order valence-corrected chi connectivity index (χ3v) is 4.16. The van der Waals surface area contributed by atoms with Crippen LogP contribution in [0.25, 0.3) is 0 Å². The standard InChI is InChI=1S/C22H28F3N3O3.HI/c1-16(31-20-10-5-4-9-19(20)29-3)12-27-21(26-2)28-13-17-7-6-8-18(11-17)14-30-15-22(23,24)25;/h4-11,16H,12-15H2,1-3H3,(H2,26,27,28);1H. The molecule has 0 aliphatic heterocycles. The van der Waals surface area contributed by atoms with Crippen molar-refractivity contribution in [2.75, 3.05) is 27.3 Å². The molecule has 1 unspecified atom stereocenters. The lowest BCUT2D eigenvalue weighted by Gasteiger charge is -2.19. The Morgan fingerprint density at radius 3 is 2.38 bits per heavy atom. The van der Waals surface area contributed by atoms with Crippen molar-refractivity contribution in [3.8, 4) is 11.5 Å². The van der Waals surface area contributed by atoms with Gasteiger partial charge in [0.15, 0.2) is 17.5 Å². The van der Waals surface area contributed by atoms with E-state index in [4.69, 9.17) is 14.2 Å². The lowest BCUT2D eigenvalue weighted by molar-refractivity contribution is -0.176. The van der Waals surface area contributed by atoms with Crippen molar-refractivity contribution >= 4 is 29.9 Å². The monoisotopic (exact) mass is 567 g/mol. The molecular formula is C22H29F3IN3O3. The van der Waals surface area contributed by atoms with Gasteiger partial charge < -0.3 is 24.8 Å². The normalized spacial score (nSPS) is 12.5. The molecule has 0 spiro atoms. The molecule has 32 heavy (non-hydrogen) atoms. The van der Waals surface area contributed by atoms with E-state index in [1.807, 2.05) is 37.3 Å². The van der Waals surface area contributed by atoms with Crippen LogP contribution in [0.2, 0.25) is 0 Å². The maximum Gasteiger partial charge on any atom is 0.411 e. The molecule has 1 atom stereocenters. The van der Waals surface area contributed by atoms with Crippen LogP contribution in [0.5, 0.6) is 11.5 Å². The zero-order chi connectivity index (χ0) is 22.7. The average Bonchev–Trinajstić information content (AvgIpc) is 2.73. The number of halogens is 4. The predicted molar refractivity (Wildman–Crippen MR) is 129 cm³/mol. The molecule has 178 valence electrons. The lowest BCUT2D eigenvalue weighted by atomic mass is 10.1. The van der Waals surface area contributed by atoms with E-state index in [-0.39, 0.29) is 36.7 Å². The molecule has 0 aromatic heterocycles. The van der Waals surface area contributed by atoms with Gasteiger partial charge in [-0.25, -0.2) is 0 Å². The highest BCUT2D eigenvalue weighted by Crippen LogP contribution is 2.26. The Morgan fingerprint density at radius 1 is 1.03 bits per heavy atom. The number of nitrogens with zero attached hydrogens (tertiary/aromatic N) is 1. The Labute approximate surface area is 203 Å². The minimum Gasteiger partial charge on any atom is -0.493 e. The van der Waals surface area contributed by atoms with E-state index in [2.05, 4.69) is 15.6 Å². The van der Waals surface area contributed by atoms with E-state index in [1.54, 1.807) is 32.4 Å². The molecule has 0 saturated carbocycles. The highest BCUT2D eigenvalue weighted by atomic mass is 127. The van der Waals surface area contributed by atoms with Gasteiger partial charge in [-0.1, -0.05) is 36.4 Å². The van der Waals surface area contributed by atoms with Crippen LogP contribution in [0, 0.1) is 0 Å². The van der Waals surface area contributed by atoms with Crippen LogP contribution in [0.1, 0.15) is 18.1 Å². The van der Waals surface area contributed by atoms with Gasteiger partial charge in [0, 0.05) is 13.6 Å². The maximum atomic E-state index is 12.2. The molecule has 0 amide bonds. The highest BCUT2D eigenvalue weighted by Gasteiger charge is 2.27. The smallest absolute Gasteiger partial charge is 0.411 e. The molecule has 0 fully saturated rings. The average molecular weight is 567 g/mol. The number of hydrogen-bond acceptors (Lipinski definition) is 4. The topological polar surface area (TPSA) is 64.1 Å². The Balaban J connectivity index is 0.00000512. The zero-order valence-corrected chi connectivity index (χ0v) is 20.6. The van der Waals surface area contributed by atoms with Crippen molar-refractivity contribution in [3.63, 3.8) is 0 Å². The van der Waals surface area contributed by atoms with Crippen LogP contribution in [-0.4, -0.2) is 45.5 Å². The summed E-state index contributed by atoms with van der Waals surface area (Å²) in [5, 5.41) is 6.36. The van der Waals surface area contributed by atoms with Gasteiger partial charge in [-0.3, -0.25) is 4.99 Å². The van der Waals surface area contributed by atoms with Crippen LogP contribution in [0.4, 0.5) is 13.2 Å². The van der Waals surface area contributed by atoms with Crippen LogP contribution in [0.15, 0.2) is 53.5 Å². The summed E-state index contributed by atoms with van der Waals surface area (Å²) >= 11 is 0. The molecule has 2 aromatic rings. The van der Waals surface area contributed by atoms with Gasteiger partial charge in [-0.05, 0) is 30.2 Å². The SMILES string of the molecule is CN=C(NCc1cccc(COCC(F)(F)F)c1)NCC(C)Oc1ccccc1OC.I. The zero-order valence-electron chi connectivity index (χ0n) is 18.2. The second-order valence-corrected chi connectivity index (χ2v) is 6.81. The molecule has 0 heterocycles. The van der Waals surface area contributed by atoms with Gasteiger partial charge in [-0.15, -0.1) is 24.0 Å². The first kappa shape index (κ1) is 27.8. The van der Waals surface area contributed by atoms with Crippen LogP contribution < -0.4 is 20.1 Å². The number of benzene rings is 2. The molecular weight excluding hydrogens is 538 g/mol. The van der Waals surface area contributed by atoms with Gasteiger partial charge in [0.05, 0.1) is 20.3 Å². The summed E-state index contributed by atoms with van der Waals surface area (Å²) in [5.41, 5.74) is 1.57. The number of methoxy groups -OCH3 is 1. The first-order valence-electron chi connectivity index (χ1n) is 9.77. The lowest BCUT2D eigenvalue weighted by Crippen LogP contribution is -2.41. The molecule has 2 N–H and O–H groups in total. The molecule has 6 nitrogen and oxygen atoms in total. The summed E-state index contributed by atoms with van der Waals surface area (Å²) in [7, 11) is 3.25. The molecule has 10 heteroatoms. The third-order valence-electron chi connectivity index (χ3n) is 4.16. The molecule has 2 rings (SSSR count). The number of ether oxygens (including phenoxy) is 3. The van der Waals surface area contributed by atoms with Crippen LogP contribution >= 0.6 is 24.0 Å². The summed E-state index contributed by atoms with van der Waals surface area (Å²) in [5.74, 6) is 1.90. The first-order chi connectivity index (χ1) is 14.8. The van der Waals surface area contributed by atoms with Crippen molar-refractivity contribution in [2.45, 2.75) is 32.4 Å². The van der Waals surface area contributed by atoms with Crippen molar-refractivity contribution in [1.29, 1.82) is 0 Å². The summed E-state index contributed by atoms with van der Waals surface area (Å²) in [6.07, 6.45) is -4.48. The molecule has 0 bridgehead atoms. The van der Waals surface area contributed by atoms with Gasteiger partial charge in [0.25, 0.3) is 0 Å². The largest absolute Gasteiger partial charge is 0.493 e. The Morgan fingerprint density at radius 2 is 1.72 bits per heavy atom. The Bertz CT molecular complexity index is 850. The fourth-order valence-electron chi connectivity index (χ4n) is 2.74. The van der Waals surface area contributed by atoms with Crippen molar-refractivity contribution in [2.24, 2.45) is 4.99 Å². The molecule has 0 saturated heterocycles. The van der Waals surface area contributed by atoms with E-state index in [1.165, 1.54) is 0 Å². The molecule has 0 radical (unpaired) electrons. The van der Waals surface area contributed by atoms with E-state index in [9.17, 15) is 13.2 Å². The summed E-state index contributed by atoms with van der Waals surface area (Å²) in [6, 6.07) is 14.6. The van der Waals surface area contributed by atoms with Gasteiger partial charge in [0.2, 0.25) is 0 Å². The highest BCUT2D eigenvalue weighted by molar-refractivity contribution is 14.0. The first-order valence-corrected chi connectivity index (χ1v) is 9.77. The van der Waals surface area contributed by atoms with Crippen molar-refractivity contribution < 1.29 is 27.4 Å². The van der Waals surface area contributed by atoms with E-state index < -0.39 is 12.8 Å². The minimum atomic E-state index is -4.33. The minimum absolute atomic E-state index is 0. The third kappa shape index (κ3) is 10.4. The number of para-hydroxylation sites is 2. The molecule has 0 aliphatic carbocycles. The summed E-state index contributed by atoms with van der Waals surface area (Å²) in [6.45, 7) is 1.52. The number of rotatable bonds is 10. The predicted octanol–water partition coefficient (Wildman–Crippen LogP) is 4.52. The Kier molecular flexibility index (Phi) is 12.2. The fourth-order valence-corrected chi connectivity index (χ4v) is 2.74. The van der Waals surface area contributed by atoms with E-state index in [0.29, 0.717) is 36.1 Å². The Hall–Kier alpha value is -2.21. The fraction of sp³-hybridized carbons (Fsp3) is 0.409. The summed E-state index contributed by atoms with van der Waals surface area (Å²) in [4.78, 5) is 4.18. The van der Waals surface area contributed by atoms with Crippen molar-refractivity contribution in [1.82, 2.24) is 10.6 Å². The van der Waals surface area contributed by atoms with Crippen LogP contribution in [-0.2, 0) is 17.9 Å². The second-order valence-electron chi connectivity index (χ2n) is 6.81. The number of alkyl halides is 3. The number of hydrogen-bond donors (Lipinski definition) is 2. The van der Waals surface area contributed by atoms with Gasteiger partial charge in [0.1, 0.15) is 12.7 Å². The van der Waals surface area contributed by atoms with Gasteiger partial charge in [-0.2, -0.15) is 13.2 Å². The van der Waals surface area contributed by atoms with Crippen LogP contribution in [0.3, 0.4) is 0 Å². The van der Waals surface area contributed by atoms with E-state index in [0.717, 1.165) is 5.56 Å². The molecule has 0 aliphatic rings. The summed E-state index contributed by atoms with van der Waals surface area (Å²) < 4.78 is 52.5. The van der Waals surface area contributed by atoms with Crippen molar-refractivity contribution in [3.05, 3.63) is 59.7 Å². The van der Waals surface area contributed by atoms with E-state index >= 15 is 0 Å². The maximum absolute atomic E-state index is 12.2. The van der Waals surface area contributed by atoms with Gasteiger partial charge >= 0.3 is 6.18 Å². The number of nitrogens with one attached hydrogen (secondary N) is 2. The quantitative estimate of drug-likeness (QED) is 0.251. The molecule has 2 aromatic carbocycles. The number of aliphatic imine (C=N–C) groups is 1. The second kappa shape index (κ2) is 14.0.